The van der Waals surface area contributed by atoms with E-state index in [0.29, 0.717) is 0 Å². The minimum absolute atomic E-state index is 0.122. The van der Waals surface area contributed by atoms with Crippen molar-refractivity contribution < 1.29 is 4.79 Å². The van der Waals surface area contributed by atoms with Crippen molar-refractivity contribution in [1.29, 1.82) is 0 Å². The predicted molar refractivity (Wildman–Crippen MR) is 72.8 cm³/mol. The maximum atomic E-state index is 12.3. The fourth-order valence-corrected chi connectivity index (χ4v) is 1.92. The molecule has 0 aliphatic heterocycles. The Bertz CT molecular complexity index is 517. The summed E-state index contributed by atoms with van der Waals surface area (Å²) < 4.78 is 0. The van der Waals surface area contributed by atoms with Gasteiger partial charge in [0.1, 0.15) is 0 Å². The van der Waals surface area contributed by atoms with Crippen molar-refractivity contribution in [2.24, 2.45) is 0 Å². The maximum Gasteiger partial charge on any atom is 0.171 e. The van der Waals surface area contributed by atoms with Crippen LogP contribution in [0.5, 0.6) is 0 Å². The third-order valence-electron chi connectivity index (χ3n) is 3.17. The Labute approximate surface area is 108 Å². The number of aryl methyl sites for hydroxylation is 1. The first kappa shape index (κ1) is 12.5. The number of rotatable bonds is 4. The zero-order valence-electron chi connectivity index (χ0n) is 10.8. The van der Waals surface area contributed by atoms with Gasteiger partial charge in [-0.3, -0.25) is 9.78 Å². The van der Waals surface area contributed by atoms with Gasteiger partial charge >= 0.3 is 0 Å². The highest BCUT2D eigenvalue weighted by molar-refractivity contribution is 6.00. The second kappa shape index (κ2) is 5.58. The van der Waals surface area contributed by atoms with Gasteiger partial charge in [0.05, 0.1) is 11.6 Å². The Morgan fingerprint density at radius 3 is 2.44 bits per heavy atom. The molecule has 0 spiro atoms. The molecule has 1 unspecified atom stereocenters. The van der Waals surface area contributed by atoms with E-state index in [1.807, 2.05) is 49.4 Å². The van der Waals surface area contributed by atoms with Gasteiger partial charge in [-0.25, -0.2) is 0 Å². The lowest BCUT2D eigenvalue weighted by atomic mass is 9.95. The standard InChI is InChI=1S/C16H17NO/c1-3-13-7-9-14(10-8-13)16(18)12(2)15-6-4-5-11-17-15/h4-12H,3H2,1-2H3. The molecule has 0 amide bonds. The highest BCUT2D eigenvalue weighted by atomic mass is 16.1. The Morgan fingerprint density at radius 2 is 1.89 bits per heavy atom. The number of hydrogen-bond donors (Lipinski definition) is 0. The van der Waals surface area contributed by atoms with Crippen molar-refractivity contribution in [2.75, 3.05) is 0 Å². The normalized spacial score (nSPS) is 12.1. The number of nitrogens with zero attached hydrogens (tertiary/aromatic N) is 1. The van der Waals surface area contributed by atoms with Crippen LogP contribution in [0, 0.1) is 0 Å². The number of pyridine rings is 1. The molecule has 18 heavy (non-hydrogen) atoms. The van der Waals surface area contributed by atoms with Crippen LogP contribution in [0.15, 0.2) is 48.7 Å². The summed E-state index contributed by atoms with van der Waals surface area (Å²) in [5, 5.41) is 0. The molecule has 0 saturated heterocycles. The van der Waals surface area contributed by atoms with E-state index in [-0.39, 0.29) is 11.7 Å². The van der Waals surface area contributed by atoms with Crippen molar-refractivity contribution in [2.45, 2.75) is 26.2 Å². The van der Waals surface area contributed by atoms with E-state index in [1.165, 1.54) is 5.56 Å². The molecule has 0 aliphatic rings. The summed E-state index contributed by atoms with van der Waals surface area (Å²) in [7, 11) is 0. The second-order valence-electron chi connectivity index (χ2n) is 4.39. The lowest BCUT2D eigenvalue weighted by molar-refractivity contribution is 0.0964. The molecule has 1 atom stereocenters. The smallest absolute Gasteiger partial charge is 0.171 e. The Morgan fingerprint density at radius 1 is 1.17 bits per heavy atom. The summed E-state index contributed by atoms with van der Waals surface area (Å²) in [6, 6.07) is 13.5. The lowest BCUT2D eigenvalue weighted by Crippen LogP contribution is -2.10. The van der Waals surface area contributed by atoms with Crippen molar-refractivity contribution >= 4 is 5.78 Å². The summed E-state index contributed by atoms with van der Waals surface area (Å²) in [4.78, 5) is 16.5. The molecule has 2 aromatic rings. The van der Waals surface area contributed by atoms with Gasteiger partial charge < -0.3 is 0 Å². The van der Waals surface area contributed by atoms with E-state index in [0.717, 1.165) is 17.7 Å². The summed E-state index contributed by atoms with van der Waals surface area (Å²) in [5.74, 6) is -0.0740. The van der Waals surface area contributed by atoms with Crippen LogP contribution in [0.1, 0.15) is 41.4 Å². The third-order valence-corrected chi connectivity index (χ3v) is 3.17. The van der Waals surface area contributed by atoms with E-state index in [4.69, 9.17) is 0 Å². The molecule has 0 radical (unpaired) electrons. The summed E-state index contributed by atoms with van der Waals surface area (Å²) in [6.45, 7) is 4.01. The third kappa shape index (κ3) is 2.65. The van der Waals surface area contributed by atoms with Crippen LogP contribution < -0.4 is 0 Å². The molecule has 0 aliphatic carbocycles. The molecule has 0 fully saturated rings. The van der Waals surface area contributed by atoms with Crippen molar-refractivity contribution in [3.05, 3.63) is 65.5 Å². The Kier molecular flexibility index (Phi) is 3.88. The number of ketones is 1. The molecule has 2 rings (SSSR count). The zero-order chi connectivity index (χ0) is 13.0. The average Bonchev–Trinajstić information content (AvgIpc) is 2.47. The van der Waals surface area contributed by atoms with Crippen molar-refractivity contribution in [3.8, 4) is 0 Å². The minimum atomic E-state index is -0.196. The Balaban J connectivity index is 2.20. The maximum absolute atomic E-state index is 12.3. The zero-order valence-corrected chi connectivity index (χ0v) is 10.8. The van der Waals surface area contributed by atoms with Crippen LogP contribution in [0.25, 0.3) is 0 Å². The molecule has 0 bridgehead atoms. The molecule has 92 valence electrons. The number of carbonyl (C=O) groups is 1. The van der Waals surface area contributed by atoms with Crippen LogP contribution in [-0.2, 0) is 6.42 Å². The fourth-order valence-electron chi connectivity index (χ4n) is 1.92. The van der Waals surface area contributed by atoms with E-state index in [9.17, 15) is 4.79 Å². The topological polar surface area (TPSA) is 30.0 Å². The highest BCUT2D eigenvalue weighted by Crippen LogP contribution is 2.18. The van der Waals surface area contributed by atoms with E-state index in [1.54, 1.807) is 6.20 Å². The molecular weight excluding hydrogens is 222 g/mol. The molecule has 0 N–H and O–H groups in total. The van der Waals surface area contributed by atoms with Gasteiger partial charge in [-0.15, -0.1) is 0 Å². The van der Waals surface area contributed by atoms with Gasteiger partial charge in [0.2, 0.25) is 0 Å². The first-order chi connectivity index (χ1) is 8.72. The number of Topliss-reactive ketones (excluding diaryl/α,β-unsaturated/α-hetero) is 1. The summed E-state index contributed by atoms with van der Waals surface area (Å²) in [6.07, 6.45) is 2.71. The van der Waals surface area contributed by atoms with Crippen molar-refractivity contribution in [3.63, 3.8) is 0 Å². The SMILES string of the molecule is CCc1ccc(C(=O)C(C)c2ccccn2)cc1. The first-order valence-electron chi connectivity index (χ1n) is 6.26. The van der Waals surface area contributed by atoms with Gasteiger partial charge in [0, 0.05) is 11.8 Å². The predicted octanol–water partition coefficient (Wildman–Crippen LogP) is 3.63. The largest absolute Gasteiger partial charge is 0.293 e. The summed E-state index contributed by atoms with van der Waals surface area (Å²) >= 11 is 0. The molecule has 1 aromatic heterocycles. The molecule has 1 heterocycles. The van der Waals surface area contributed by atoms with Crippen LogP contribution in [-0.4, -0.2) is 10.8 Å². The molecule has 0 saturated carbocycles. The van der Waals surface area contributed by atoms with Gasteiger partial charge in [0.15, 0.2) is 5.78 Å². The quantitative estimate of drug-likeness (QED) is 0.762. The average molecular weight is 239 g/mol. The second-order valence-corrected chi connectivity index (χ2v) is 4.39. The molecule has 1 aromatic carbocycles. The number of hydrogen-bond acceptors (Lipinski definition) is 2. The van der Waals surface area contributed by atoms with Gasteiger partial charge in [-0.2, -0.15) is 0 Å². The molecule has 2 heteroatoms. The van der Waals surface area contributed by atoms with E-state index < -0.39 is 0 Å². The van der Waals surface area contributed by atoms with Gasteiger partial charge in [0.25, 0.3) is 0 Å². The van der Waals surface area contributed by atoms with Crippen LogP contribution in [0.4, 0.5) is 0 Å². The number of aromatic nitrogens is 1. The van der Waals surface area contributed by atoms with Crippen LogP contribution in [0.3, 0.4) is 0 Å². The number of carbonyl (C=O) groups excluding carboxylic acids is 1. The summed E-state index contributed by atoms with van der Waals surface area (Å²) in [5.41, 5.74) is 2.82. The van der Waals surface area contributed by atoms with Crippen LogP contribution >= 0.6 is 0 Å². The highest BCUT2D eigenvalue weighted by Gasteiger charge is 2.17. The molecule has 2 nitrogen and oxygen atoms in total. The van der Waals surface area contributed by atoms with Crippen LogP contribution in [0.2, 0.25) is 0 Å². The van der Waals surface area contributed by atoms with Crippen molar-refractivity contribution in [1.82, 2.24) is 4.98 Å². The lowest BCUT2D eigenvalue weighted by Gasteiger charge is -2.10. The van der Waals surface area contributed by atoms with Gasteiger partial charge in [-0.1, -0.05) is 37.3 Å². The number of benzene rings is 1. The van der Waals surface area contributed by atoms with Gasteiger partial charge in [-0.05, 0) is 31.0 Å². The van der Waals surface area contributed by atoms with E-state index >= 15 is 0 Å². The Hall–Kier alpha value is -1.96. The fraction of sp³-hybridized carbons (Fsp3) is 0.250. The molecular formula is C16H17NO. The first-order valence-corrected chi connectivity index (χ1v) is 6.26. The van der Waals surface area contributed by atoms with E-state index in [2.05, 4.69) is 11.9 Å². The monoisotopic (exact) mass is 239 g/mol. The minimum Gasteiger partial charge on any atom is -0.293 e.